The Morgan fingerprint density at radius 1 is 1.00 bits per heavy atom. The zero-order valence-corrected chi connectivity index (χ0v) is 14.5. The van der Waals surface area contributed by atoms with Crippen LogP contribution in [0.2, 0.25) is 0 Å². The highest BCUT2D eigenvalue weighted by Gasteiger charge is 2.30. The van der Waals surface area contributed by atoms with Crippen molar-refractivity contribution in [3.8, 4) is 11.5 Å². The maximum absolute atomic E-state index is 6.31. The molecule has 2 unspecified atom stereocenters. The van der Waals surface area contributed by atoms with Gasteiger partial charge in [-0.2, -0.15) is 0 Å². The number of rotatable bonds is 4. The van der Waals surface area contributed by atoms with Crippen LogP contribution in [0, 0.1) is 0 Å². The normalized spacial score (nSPS) is 21.3. The molecule has 1 fully saturated rings. The molecular weight excluding hydrogens is 310 g/mol. The van der Waals surface area contributed by atoms with Gasteiger partial charge in [-0.1, -0.05) is 36.4 Å². The number of likely N-dealkylation sites (tertiary alicyclic amines) is 1. The summed E-state index contributed by atoms with van der Waals surface area (Å²) in [5, 5.41) is 0. The Labute approximate surface area is 144 Å². The summed E-state index contributed by atoms with van der Waals surface area (Å²) in [6.45, 7) is 2.09. The molecule has 2 atom stereocenters. The highest BCUT2D eigenvalue weighted by atomic mass is 35.5. The number of methoxy groups -OCH3 is 1. The van der Waals surface area contributed by atoms with E-state index < -0.39 is 0 Å². The Morgan fingerprint density at radius 2 is 1.74 bits per heavy atom. The largest absolute Gasteiger partial charge is 0.497 e. The molecule has 0 aromatic heterocycles. The predicted molar refractivity (Wildman–Crippen MR) is 96.0 cm³/mol. The standard InChI is InChI=1S/C19H23NO2.ClH/c1-20-12-11-19(18(14-20)15-7-4-3-5-8-15)22-17-10-6-9-16(13-17)21-2;/h3-10,13,18-19H,11-12,14H2,1-2H3;1H. The van der Waals surface area contributed by atoms with E-state index >= 15 is 0 Å². The fourth-order valence-corrected chi connectivity index (χ4v) is 3.10. The minimum absolute atomic E-state index is 0. The van der Waals surface area contributed by atoms with Crippen LogP contribution in [-0.2, 0) is 0 Å². The van der Waals surface area contributed by atoms with Gasteiger partial charge in [0.1, 0.15) is 17.6 Å². The summed E-state index contributed by atoms with van der Waals surface area (Å²) in [5.41, 5.74) is 1.35. The number of halogens is 1. The second kappa shape index (κ2) is 8.23. The molecule has 0 bridgehead atoms. The molecule has 1 aliphatic heterocycles. The molecular formula is C19H24ClNO2. The van der Waals surface area contributed by atoms with Gasteiger partial charge in [-0.3, -0.25) is 0 Å². The Hall–Kier alpha value is -1.71. The lowest BCUT2D eigenvalue weighted by atomic mass is 9.88. The monoisotopic (exact) mass is 333 g/mol. The van der Waals surface area contributed by atoms with Crippen molar-refractivity contribution in [3.63, 3.8) is 0 Å². The maximum Gasteiger partial charge on any atom is 0.123 e. The van der Waals surface area contributed by atoms with E-state index in [0.717, 1.165) is 31.0 Å². The lowest BCUT2D eigenvalue weighted by Gasteiger charge is -2.37. The van der Waals surface area contributed by atoms with E-state index in [4.69, 9.17) is 9.47 Å². The number of benzene rings is 2. The number of hydrogen-bond donors (Lipinski definition) is 0. The molecule has 2 aromatic carbocycles. The van der Waals surface area contributed by atoms with Gasteiger partial charge in [-0.15, -0.1) is 12.4 Å². The molecule has 4 heteroatoms. The molecule has 3 nitrogen and oxygen atoms in total. The third-order valence-electron chi connectivity index (χ3n) is 4.31. The van der Waals surface area contributed by atoms with Crippen molar-refractivity contribution in [3.05, 3.63) is 60.2 Å². The summed E-state index contributed by atoms with van der Waals surface area (Å²) >= 11 is 0. The Morgan fingerprint density at radius 3 is 2.48 bits per heavy atom. The minimum Gasteiger partial charge on any atom is -0.497 e. The first-order valence-electron chi connectivity index (χ1n) is 7.80. The van der Waals surface area contributed by atoms with E-state index in [0.29, 0.717) is 5.92 Å². The van der Waals surface area contributed by atoms with E-state index in [2.05, 4.69) is 42.3 Å². The summed E-state index contributed by atoms with van der Waals surface area (Å²) < 4.78 is 11.6. The number of piperidine rings is 1. The summed E-state index contributed by atoms with van der Waals surface area (Å²) in [4.78, 5) is 2.38. The Bertz CT molecular complexity index is 605. The quantitative estimate of drug-likeness (QED) is 0.844. The smallest absolute Gasteiger partial charge is 0.123 e. The van der Waals surface area contributed by atoms with E-state index in [1.54, 1.807) is 7.11 Å². The molecule has 1 heterocycles. The van der Waals surface area contributed by atoms with Gasteiger partial charge >= 0.3 is 0 Å². The number of nitrogens with zero attached hydrogens (tertiary/aromatic N) is 1. The summed E-state index contributed by atoms with van der Waals surface area (Å²) in [7, 11) is 3.86. The molecule has 2 aromatic rings. The molecule has 0 radical (unpaired) electrons. The van der Waals surface area contributed by atoms with Crippen molar-refractivity contribution >= 4 is 12.4 Å². The molecule has 0 saturated carbocycles. The predicted octanol–water partition coefficient (Wildman–Crippen LogP) is 3.98. The molecule has 0 amide bonds. The summed E-state index contributed by atoms with van der Waals surface area (Å²) in [6.07, 6.45) is 1.23. The van der Waals surface area contributed by atoms with Crippen molar-refractivity contribution in [1.82, 2.24) is 4.90 Å². The van der Waals surface area contributed by atoms with E-state index in [1.807, 2.05) is 24.3 Å². The fourth-order valence-electron chi connectivity index (χ4n) is 3.10. The minimum atomic E-state index is 0. The fraction of sp³-hybridized carbons (Fsp3) is 0.368. The summed E-state index contributed by atoms with van der Waals surface area (Å²) in [5.74, 6) is 2.11. The van der Waals surface area contributed by atoms with Crippen molar-refractivity contribution in [2.75, 3.05) is 27.2 Å². The van der Waals surface area contributed by atoms with Crippen molar-refractivity contribution in [1.29, 1.82) is 0 Å². The molecule has 0 aliphatic carbocycles. The number of likely N-dealkylation sites (N-methyl/N-ethyl adjacent to an activating group) is 1. The molecule has 23 heavy (non-hydrogen) atoms. The van der Waals surface area contributed by atoms with Gasteiger partial charge in [0.2, 0.25) is 0 Å². The zero-order chi connectivity index (χ0) is 15.4. The van der Waals surface area contributed by atoms with Crippen LogP contribution in [0.4, 0.5) is 0 Å². The average molecular weight is 334 g/mol. The van der Waals surface area contributed by atoms with Crippen LogP contribution in [0.1, 0.15) is 17.9 Å². The van der Waals surface area contributed by atoms with Crippen LogP contribution in [0.15, 0.2) is 54.6 Å². The van der Waals surface area contributed by atoms with Crippen LogP contribution < -0.4 is 9.47 Å². The second-order valence-corrected chi connectivity index (χ2v) is 5.90. The molecule has 0 N–H and O–H groups in total. The average Bonchev–Trinajstić information content (AvgIpc) is 2.57. The molecule has 1 saturated heterocycles. The van der Waals surface area contributed by atoms with Gasteiger partial charge in [0.05, 0.1) is 7.11 Å². The second-order valence-electron chi connectivity index (χ2n) is 5.90. The Balaban J connectivity index is 0.00000192. The zero-order valence-electron chi connectivity index (χ0n) is 13.6. The summed E-state index contributed by atoms with van der Waals surface area (Å²) in [6, 6.07) is 18.5. The van der Waals surface area contributed by atoms with Crippen LogP contribution in [0.5, 0.6) is 11.5 Å². The van der Waals surface area contributed by atoms with Gasteiger partial charge in [-0.25, -0.2) is 0 Å². The molecule has 0 spiro atoms. The maximum atomic E-state index is 6.31. The third-order valence-corrected chi connectivity index (χ3v) is 4.31. The number of ether oxygens (including phenoxy) is 2. The van der Waals surface area contributed by atoms with Crippen molar-refractivity contribution in [2.24, 2.45) is 0 Å². The highest BCUT2D eigenvalue weighted by molar-refractivity contribution is 5.85. The highest BCUT2D eigenvalue weighted by Crippen LogP contribution is 2.31. The topological polar surface area (TPSA) is 21.7 Å². The van der Waals surface area contributed by atoms with Gasteiger partial charge < -0.3 is 14.4 Å². The first-order chi connectivity index (χ1) is 10.8. The van der Waals surface area contributed by atoms with Gasteiger partial charge in [0.25, 0.3) is 0 Å². The third kappa shape index (κ3) is 4.40. The van der Waals surface area contributed by atoms with Crippen molar-refractivity contribution < 1.29 is 9.47 Å². The molecule has 1 aliphatic rings. The van der Waals surface area contributed by atoms with Crippen molar-refractivity contribution in [2.45, 2.75) is 18.4 Å². The Kier molecular flexibility index (Phi) is 6.31. The van der Waals surface area contributed by atoms with Crippen LogP contribution in [0.3, 0.4) is 0 Å². The van der Waals surface area contributed by atoms with Gasteiger partial charge in [0, 0.05) is 25.1 Å². The lowest BCUT2D eigenvalue weighted by Crippen LogP contribution is -2.42. The first kappa shape index (κ1) is 17.6. The van der Waals surface area contributed by atoms with Crippen LogP contribution in [-0.4, -0.2) is 38.3 Å². The van der Waals surface area contributed by atoms with E-state index in [1.165, 1.54) is 5.56 Å². The SMILES string of the molecule is COc1cccc(OC2CCN(C)CC2c2ccccc2)c1.Cl. The van der Waals surface area contributed by atoms with Gasteiger partial charge in [0.15, 0.2) is 0 Å². The van der Waals surface area contributed by atoms with Gasteiger partial charge in [-0.05, 0) is 31.2 Å². The molecule has 124 valence electrons. The van der Waals surface area contributed by atoms with Crippen LogP contribution >= 0.6 is 12.4 Å². The molecule has 3 rings (SSSR count). The van der Waals surface area contributed by atoms with Crippen LogP contribution in [0.25, 0.3) is 0 Å². The number of hydrogen-bond acceptors (Lipinski definition) is 3. The van der Waals surface area contributed by atoms with E-state index in [-0.39, 0.29) is 18.5 Å². The lowest BCUT2D eigenvalue weighted by molar-refractivity contribution is 0.0900. The first-order valence-corrected chi connectivity index (χ1v) is 7.80. The van der Waals surface area contributed by atoms with E-state index in [9.17, 15) is 0 Å².